The van der Waals surface area contributed by atoms with Crippen LogP contribution in [0.4, 0.5) is 5.69 Å². The van der Waals surface area contributed by atoms with Crippen LogP contribution in [0.15, 0.2) is 33.8 Å². The Morgan fingerprint density at radius 1 is 1.42 bits per heavy atom. The number of nitrogens with zero attached hydrogens (tertiary/aromatic N) is 4. The van der Waals surface area contributed by atoms with E-state index >= 15 is 0 Å². The summed E-state index contributed by atoms with van der Waals surface area (Å²) in [6.45, 7) is 5.00. The van der Waals surface area contributed by atoms with Gasteiger partial charge >= 0.3 is 0 Å². The van der Waals surface area contributed by atoms with Crippen molar-refractivity contribution in [3.63, 3.8) is 0 Å². The van der Waals surface area contributed by atoms with Crippen LogP contribution in [-0.2, 0) is 0 Å². The summed E-state index contributed by atoms with van der Waals surface area (Å²) in [5, 5.41) is 18.1. The highest BCUT2D eigenvalue weighted by Gasteiger charge is 2.54. The SMILES string of the molecule is CC1=NN(c2ccc(Br)cc2)N2CC[C@H](C#N)[C@@]12C. The number of hydrogen-bond donors (Lipinski definition) is 0. The molecule has 1 aromatic carbocycles. The lowest BCUT2D eigenvalue weighted by atomic mass is 9.85. The Balaban J connectivity index is 1.99. The van der Waals surface area contributed by atoms with Crippen molar-refractivity contribution < 1.29 is 0 Å². The maximum atomic E-state index is 9.33. The van der Waals surface area contributed by atoms with Gasteiger partial charge < -0.3 is 0 Å². The minimum Gasteiger partial charge on any atom is -0.198 e. The van der Waals surface area contributed by atoms with Crippen molar-refractivity contribution in [2.45, 2.75) is 25.8 Å². The molecule has 0 aromatic heterocycles. The van der Waals surface area contributed by atoms with Gasteiger partial charge in [-0.05, 0) is 44.5 Å². The first-order valence-corrected chi connectivity index (χ1v) is 7.15. The molecule has 3 rings (SSSR count). The van der Waals surface area contributed by atoms with E-state index < -0.39 is 0 Å². The van der Waals surface area contributed by atoms with Gasteiger partial charge in [0.2, 0.25) is 0 Å². The summed E-state index contributed by atoms with van der Waals surface area (Å²) in [6, 6.07) is 10.5. The summed E-state index contributed by atoms with van der Waals surface area (Å²) < 4.78 is 1.05. The topological polar surface area (TPSA) is 42.6 Å². The molecule has 2 atom stereocenters. The normalized spacial score (nSPS) is 30.1. The number of hydrazine groups is 1. The quantitative estimate of drug-likeness (QED) is 0.798. The van der Waals surface area contributed by atoms with E-state index in [0.29, 0.717) is 0 Å². The Bertz CT molecular complexity index is 574. The second-order valence-electron chi connectivity index (χ2n) is 5.19. The molecule has 0 radical (unpaired) electrons. The molecule has 0 bridgehead atoms. The van der Waals surface area contributed by atoms with Gasteiger partial charge in [0.25, 0.3) is 0 Å². The molecule has 2 aliphatic rings. The monoisotopic (exact) mass is 318 g/mol. The maximum Gasteiger partial charge on any atom is 0.0948 e. The van der Waals surface area contributed by atoms with Crippen LogP contribution in [0.5, 0.6) is 0 Å². The number of anilines is 1. The smallest absolute Gasteiger partial charge is 0.0948 e. The predicted molar refractivity (Wildman–Crippen MR) is 78.6 cm³/mol. The molecule has 1 fully saturated rings. The second kappa shape index (κ2) is 4.32. The maximum absolute atomic E-state index is 9.33. The Morgan fingerprint density at radius 2 is 2.11 bits per heavy atom. The lowest BCUT2D eigenvalue weighted by Crippen LogP contribution is -2.50. The van der Waals surface area contributed by atoms with Crippen LogP contribution < -0.4 is 5.12 Å². The molecule has 5 heteroatoms. The largest absolute Gasteiger partial charge is 0.198 e. The third-order valence-corrected chi connectivity index (χ3v) is 4.79. The first kappa shape index (κ1) is 12.6. The fourth-order valence-corrected chi connectivity index (χ4v) is 3.20. The number of hydrogen-bond acceptors (Lipinski definition) is 4. The minimum atomic E-state index is -0.262. The average Bonchev–Trinajstić information content (AvgIpc) is 2.86. The zero-order valence-electron chi connectivity index (χ0n) is 11.0. The van der Waals surface area contributed by atoms with Crippen molar-refractivity contribution in [2.24, 2.45) is 11.0 Å². The average molecular weight is 319 g/mol. The zero-order valence-corrected chi connectivity index (χ0v) is 12.6. The lowest BCUT2D eigenvalue weighted by Gasteiger charge is -2.34. The van der Waals surface area contributed by atoms with Crippen molar-refractivity contribution >= 4 is 27.3 Å². The third kappa shape index (κ3) is 1.71. The lowest BCUT2D eigenvalue weighted by molar-refractivity contribution is 0.210. The Kier molecular flexibility index (Phi) is 2.88. The molecular weight excluding hydrogens is 304 g/mol. The van der Waals surface area contributed by atoms with Gasteiger partial charge in [0.05, 0.1) is 28.9 Å². The molecule has 1 aromatic rings. The molecule has 0 N–H and O–H groups in total. The molecule has 2 aliphatic heterocycles. The van der Waals surface area contributed by atoms with Crippen LogP contribution in [-0.4, -0.2) is 22.8 Å². The van der Waals surface area contributed by atoms with Gasteiger partial charge in [-0.25, -0.2) is 0 Å². The van der Waals surface area contributed by atoms with Crippen LogP contribution in [0.3, 0.4) is 0 Å². The fourth-order valence-electron chi connectivity index (χ4n) is 2.93. The van der Waals surface area contributed by atoms with Crippen LogP contribution in [0.25, 0.3) is 0 Å². The standard InChI is InChI=1S/C14H15BrN4/c1-10-14(2)11(9-16)7-8-18(14)19(17-10)13-5-3-12(15)4-6-13/h3-6,11H,7-8H2,1-2H3/t11-,14-/m1/s1. The van der Waals surface area contributed by atoms with Gasteiger partial charge in [0, 0.05) is 11.0 Å². The summed E-state index contributed by atoms with van der Waals surface area (Å²) in [4.78, 5) is 0. The van der Waals surface area contributed by atoms with E-state index in [0.717, 1.165) is 28.8 Å². The van der Waals surface area contributed by atoms with Crippen LogP contribution in [0, 0.1) is 17.2 Å². The highest BCUT2D eigenvalue weighted by atomic mass is 79.9. The van der Waals surface area contributed by atoms with E-state index in [1.165, 1.54) is 0 Å². The van der Waals surface area contributed by atoms with Gasteiger partial charge in [-0.3, -0.25) is 0 Å². The summed E-state index contributed by atoms with van der Waals surface area (Å²) in [6.07, 6.45) is 0.896. The van der Waals surface area contributed by atoms with Crippen molar-refractivity contribution in [1.29, 1.82) is 5.26 Å². The van der Waals surface area contributed by atoms with Crippen molar-refractivity contribution in [3.05, 3.63) is 28.7 Å². The van der Waals surface area contributed by atoms with Gasteiger partial charge in [-0.2, -0.15) is 20.5 Å². The van der Waals surface area contributed by atoms with Gasteiger partial charge in [0.15, 0.2) is 0 Å². The van der Waals surface area contributed by atoms with Crippen molar-refractivity contribution in [1.82, 2.24) is 5.01 Å². The molecule has 19 heavy (non-hydrogen) atoms. The first-order chi connectivity index (χ1) is 9.07. The molecule has 98 valence electrons. The number of fused-ring (bicyclic) bond motifs is 1. The molecule has 4 nitrogen and oxygen atoms in total. The minimum absolute atomic E-state index is 0.0108. The van der Waals surface area contributed by atoms with Crippen LogP contribution in [0.2, 0.25) is 0 Å². The number of benzene rings is 1. The second-order valence-corrected chi connectivity index (χ2v) is 6.11. The summed E-state index contributed by atoms with van der Waals surface area (Å²) in [5.74, 6) is 0.0108. The Labute approximate surface area is 121 Å². The van der Waals surface area contributed by atoms with Gasteiger partial charge in [-0.1, -0.05) is 15.9 Å². The molecule has 0 unspecified atom stereocenters. The molecule has 0 amide bonds. The molecule has 2 heterocycles. The highest BCUT2D eigenvalue weighted by Crippen LogP contribution is 2.42. The summed E-state index contributed by atoms with van der Waals surface area (Å²) in [7, 11) is 0. The number of rotatable bonds is 1. The molecule has 1 saturated heterocycles. The van der Waals surface area contributed by atoms with Crippen LogP contribution in [0.1, 0.15) is 20.3 Å². The van der Waals surface area contributed by atoms with Gasteiger partial charge in [-0.15, -0.1) is 0 Å². The van der Waals surface area contributed by atoms with E-state index in [2.05, 4.69) is 39.0 Å². The zero-order chi connectivity index (χ0) is 13.6. The van der Waals surface area contributed by atoms with Gasteiger partial charge in [0.1, 0.15) is 0 Å². The number of halogens is 1. The summed E-state index contributed by atoms with van der Waals surface area (Å²) >= 11 is 3.44. The van der Waals surface area contributed by atoms with E-state index in [1.54, 1.807) is 0 Å². The van der Waals surface area contributed by atoms with E-state index in [-0.39, 0.29) is 11.5 Å². The Hall–Kier alpha value is -1.38. The molecular formula is C14H15BrN4. The molecule has 0 saturated carbocycles. The van der Waals surface area contributed by atoms with E-state index in [4.69, 9.17) is 0 Å². The van der Waals surface area contributed by atoms with Crippen molar-refractivity contribution in [3.8, 4) is 6.07 Å². The number of nitriles is 1. The number of hydrazone groups is 1. The van der Waals surface area contributed by atoms with Crippen LogP contribution >= 0.6 is 15.9 Å². The third-order valence-electron chi connectivity index (χ3n) is 4.26. The molecule has 0 aliphatic carbocycles. The Morgan fingerprint density at radius 3 is 2.74 bits per heavy atom. The highest BCUT2D eigenvalue weighted by molar-refractivity contribution is 9.10. The fraction of sp³-hybridized carbons (Fsp3) is 0.429. The van der Waals surface area contributed by atoms with E-state index in [1.807, 2.05) is 36.3 Å². The first-order valence-electron chi connectivity index (χ1n) is 6.36. The molecule has 0 spiro atoms. The van der Waals surface area contributed by atoms with Crippen molar-refractivity contribution in [2.75, 3.05) is 11.7 Å². The van der Waals surface area contributed by atoms with E-state index in [9.17, 15) is 5.26 Å². The summed E-state index contributed by atoms with van der Waals surface area (Å²) in [5.41, 5.74) is 1.78. The predicted octanol–water partition coefficient (Wildman–Crippen LogP) is 3.16.